The number of carbonyl (C=O) groups excluding carboxylic acids is 1. The van der Waals surface area contributed by atoms with Crippen molar-refractivity contribution in [3.8, 4) is 0 Å². The Balaban J connectivity index is 1.65. The van der Waals surface area contributed by atoms with Gasteiger partial charge in [0, 0.05) is 5.92 Å². The molecule has 1 saturated heterocycles. The number of carbonyl (C=O) groups is 1. The second-order valence-electron chi connectivity index (χ2n) is 4.90. The summed E-state index contributed by atoms with van der Waals surface area (Å²) >= 11 is 0. The highest BCUT2D eigenvalue weighted by molar-refractivity contribution is 5.53. The topological polar surface area (TPSA) is 20.3 Å². The number of hydrogen-bond donors (Lipinski definition) is 0. The summed E-state index contributed by atoms with van der Waals surface area (Å²) in [5, 5.41) is 0. The van der Waals surface area contributed by atoms with E-state index in [2.05, 4.69) is 35.2 Å². The Kier molecular flexibility index (Phi) is 4.75. The quantitative estimate of drug-likeness (QED) is 0.726. The lowest BCUT2D eigenvalue weighted by atomic mass is 9.98. The summed E-state index contributed by atoms with van der Waals surface area (Å²) in [6.45, 7) is 3.36. The van der Waals surface area contributed by atoms with Crippen LogP contribution in [-0.2, 0) is 11.2 Å². The number of piperidine rings is 1. The van der Waals surface area contributed by atoms with Gasteiger partial charge in [-0.3, -0.25) is 0 Å². The maximum Gasteiger partial charge on any atom is 0.123 e. The van der Waals surface area contributed by atoms with Gasteiger partial charge < -0.3 is 9.69 Å². The highest BCUT2D eigenvalue weighted by Crippen LogP contribution is 2.15. The van der Waals surface area contributed by atoms with Gasteiger partial charge in [0.25, 0.3) is 0 Å². The molecule has 92 valence electrons. The van der Waals surface area contributed by atoms with Crippen molar-refractivity contribution >= 4 is 6.29 Å². The Morgan fingerprint density at radius 2 is 1.88 bits per heavy atom. The van der Waals surface area contributed by atoms with E-state index in [1.54, 1.807) is 0 Å². The molecular formula is C15H21NO. The molecule has 1 aromatic carbocycles. The molecule has 0 radical (unpaired) electrons. The average Bonchev–Trinajstić information content (AvgIpc) is 2.41. The summed E-state index contributed by atoms with van der Waals surface area (Å²) in [6, 6.07) is 10.7. The molecule has 17 heavy (non-hydrogen) atoms. The lowest BCUT2D eigenvalue weighted by molar-refractivity contribution is -0.112. The normalized spacial score (nSPS) is 18.1. The van der Waals surface area contributed by atoms with Crippen molar-refractivity contribution in [2.24, 2.45) is 5.92 Å². The summed E-state index contributed by atoms with van der Waals surface area (Å²) in [7, 11) is 0. The maximum atomic E-state index is 10.6. The molecular weight excluding hydrogens is 210 g/mol. The van der Waals surface area contributed by atoms with Crippen LogP contribution in [0.2, 0.25) is 0 Å². The van der Waals surface area contributed by atoms with E-state index in [1.807, 2.05) is 0 Å². The van der Waals surface area contributed by atoms with Crippen LogP contribution in [0.5, 0.6) is 0 Å². The zero-order valence-electron chi connectivity index (χ0n) is 10.3. The van der Waals surface area contributed by atoms with Gasteiger partial charge in [-0.15, -0.1) is 0 Å². The molecule has 1 aliphatic heterocycles. The molecule has 0 unspecified atom stereocenters. The molecule has 0 saturated carbocycles. The molecule has 0 amide bonds. The predicted molar refractivity (Wildman–Crippen MR) is 70.0 cm³/mol. The SMILES string of the molecule is O=CC1CCN(CCCc2ccccc2)CC1. The third-order valence-corrected chi connectivity index (χ3v) is 3.61. The molecule has 0 N–H and O–H groups in total. The highest BCUT2D eigenvalue weighted by atomic mass is 16.1. The van der Waals surface area contributed by atoms with Gasteiger partial charge in [-0.05, 0) is 50.9 Å². The van der Waals surface area contributed by atoms with Crippen molar-refractivity contribution in [1.29, 1.82) is 0 Å². The Morgan fingerprint density at radius 1 is 1.18 bits per heavy atom. The number of nitrogens with zero attached hydrogens (tertiary/aromatic N) is 1. The first-order valence-corrected chi connectivity index (χ1v) is 6.60. The van der Waals surface area contributed by atoms with Gasteiger partial charge in [0.2, 0.25) is 0 Å². The van der Waals surface area contributed by atoms with Crippen LogP contribution in [0.25, 0.3) is 0 Å². The number of likely N-dealkylation sites (tertiary alicyclic amines) is 1. The third-order valence-electron chi connectivity index (χ3n) is 3.61. The minimum absolute atomic E-state index is 0.320. The summed E-state index contributed by atoms with van der Waals surface area (Å²) < 4.78 is 0. The maximum absolute atomic E-state index is 10.6. The van der Waals surface area contributed by atoms with Gasteiger partial charge in [-0.2, -0.15) is 0 Å². The van der Waals surface area contributed by atoms with Crippen molar-refractivity contribution in [2.45, 2.75) is 25.7 Å². The molecule has 1 aromatic rings. The van der Waals surface area contributed by atoms with Crippen molar-refractivity contribution < 1.29 is 4.79 Å². The molecule has 1 fully saturated rings. The molecule has 0 spiro atoms. The number of rotatable bonds is 5. The molecule has 0 atom stereocenters. The van der Waals surface area contributed by atoms with Gasteiger partial charge in [-0.1, -0.05) is 30.3 Å². The molecule has 0 bridgehead atoms. The van der Waals surface area contributed by atoms with E-state index >= 15 is 0 Å². The van der Waals surface area contributed by atoms with Crippen LogP contribution >= 0.6 is 0 Å². The lowest BCUT2D eigenvalue weighted by Gasteiger charge is -2.29. The molecule has 0 aromatic heterocycles. The van der Waals surface area contributed by atoms with Crippen molar-refractivity contribution in [2.75, 3.05) is 19.6 Å². The third kappa shape index (κ3) is 3.97. The summed E-state index contributed by atoms with van der Waals surface area (Å²) in [6.07, 6.45) is 5.61. The van der Waals surface area contributed by atoms with Gasteiger partial charge in [0.05, 0.1) is 0 Å². The fourth-order valence-corrected chi connectivity index (χ4v) is 2.46. The Labute approximate surface area is 104 Å². The number of hydrogen-bond acceptors (Lipinski definition) is 2. The van der Waals surface area contributed by atoms with Crippen LogP contribution in [0.1, 0.15) is 24.8 Å². The first kappa shape index (κ1) is 12.3. The van der Waals surface area contributed by atoms with Crippen LogP contribution in [0, 0.1) is 5.92 Å². The Bertz CT molecular complexity index is 328. The number of aldehydes is 1. The zero-order chi connectivity index (χ0) is 11.9. The van der Waals surface area contributed by atoms with Crippen LogP contribution in [0.15, 0.2) is 30.3 Å². The first-order chi connectivity index (χ1) is 8.38. The van der Waals surface area contributed by atoms with E-state index in [0.29, 0.717) is 5.92 Å². The Morgan fingerprint density at radius 3 is 2.53 bits per heavy atom. The molecule has 1 heterocycles. The number of aryl methyl sites for hydroxylation is 1. The van der Waals surface area contributed by atoms with E-state index in [0.717, 1.165) is 38.6 Å². The van der Waals surface area contributed by atoms with Gasteiger partial charge >= 0.3 is 0 Å². The van der Waals surface area contributed by atoms with E-state index < -0.39 is 0 Å². The van der Waals surface area contributed by atoms with E-state index in [1.165, 1.54) is 18.5 Å². The van der Waals surface area contributed by atoms with Gasteiger partial charge in [0.1, 0.15) is 6.29 Å². The lowest BCUT2D eigenvalue weighted by Crippen LogP contribution is -2.34. The van der Waals surface area contributed by atoms with Gasteiger partial charge in [0.15, 0.2) is 0 Å². The minimum atomic E-state index is 0.320. The Hall–Kier alpha value is -1.15. The van der Waals surface area contributed by atoms with Crippen LogP contribution in [0.4, 0.5) is 0 Å². The molecule has 2 nitrogen and oxygen atoms in total. The smallest absolute Gasteiger partial charge is 0.123 e. The summed E-state index contributed by atoms with van der Waals surface area (Å²) in [5.74, 6) is 0.320. The molecule has 2 heteroatoms. The second kappa shape index (κ2) is 6.55. The monoisotopic (exact) mass is 231 g/mol. The standard InChI is InChI=1S/C15H21NO/c17-13-15-8-11-16(12-9-15)10-4-7-14-5-2-1-3-6-14/h1-3,5-6,13,15H,4,7-12H2. The largest absolute Gasteiger partial charge is 0.303 e. The fraction of sp³-hybridized carbons (Fsp3) is 0.533. The second-order valence-corrected chi connectivity index (χ2v) is 4.90. The number of benzene rings is 1. The van der Waals surface area contributed by atoms with Crippen molar-refractivity contribution in [3.63, 3.8) is 0 Å². The fourth-order valence-electron chi connectivity index (χ4n) is 2.46. The highest BCUT2D eigenvalue weighted by Gasteiger charge is 2.17. The van der Waals surface area contributed by atoms with E-state index in [-0.39, 0.29) is 0 Å². The van der Waals surface area contributed by atoms with Crippen LogP contribution in [-0.4, -0.2) is 30.8 Å². The molecule has 2 rings (SSSR count). The summed E-state index contributed by atoms with van der Waals surface area (Å²) in [5.41, 5.74) is 1.43. The first-order valence-electron chi connectivity index (χ1n) is 6.60. The van der Waals surface area contributed by atoms with Crippen molar-refractivity contribution in [3.05, 3.63) is 35.9 Å². The summed E-state index contributed by atoms with van der Waals surface area (Å²) in [4.78, 5) is 13.1. The average molecular weight is 231 g/mol. The molecule has 0 aliphatic carbocycles. The minimum Gasteiger partial charge on any atom is -0.303 e. The van der Waals surface area contributed by atoms with Crippen LogP contribution in [0.3, 0.4) is 0 Å². The van der Waals surface area contributed by atoms with Crippen molar-refractivity contribution in [1.82, 2.24) is 4.90 Å². The molecule has 1 aliphatic rings. The predicted octanol–water partition coefficient (Wildman–Crippen LogP) is 2.53. The van der Waals surface area contributed by atoms with Crippen LogP contribution < -0.4 is 0 Å². The van der Waals surface area contributed by atoms with E-state index in [9.17, 15) is 4.79 Å². The zero-order valence-corrected chi connectivity index (χ0v) is 10.3. The van der Waals surface area contributed by atoms with E-state index in [4.69, 9.17) is 0 Å². The van der Waals surface area contributed by atoms with Gasteiger partial charge in [-0.25, -0.2) is 0 Å².